The van der Waals surface area contributed by atoms with E-state index < -0.39 is 0 Å². The van der Waals surface area contributed by atoms with Crippen LogP contribution in [-0.4, -0.2) is 18.0 Å². The van der Waals surface area contributed by atoms with Crippen LogP contribution in [0.1, 0.15) is 39.5 Å². The maximum absolute atomic E-state index is 10.3. The van der Waals surface area contributed by atoms with Gasteiger partial charge >= 0.3 is 0 Å². The van der Waals surface area contributed by atoms with Gasteiger partial charge in [-0.15, -0.1) is 4.91 Å². The van der Waals surface area contributed by atoms with Gasteiger partial charge in [0, 0.05) is 0 Å². The fourth-order valence-electron chi connectivity index (χ4n) is 1.28. The summed E-state index contributed by atoms with van der Waals surface area (Å²) in [7, 11) is 0. The molecule has 0 saturated carbocycles. The van der Waals surface area contributed by atoms with E-state index in [9.17, 15) is 9.70 Å². The molecule has 0 radical (unpaired) electrons. The van der Waals surface area contributed by atoms with Crippen molar-refractivity contribution in [3.63, 3.8) is 0 Å². The quantitative estimate of drug-likeness (QED) is 0.332. The van der Waals surface area contributed by atoms with E-state index in [1.54, 1.807) is 0 Å². The minimum Gasteiger partial charge on any atom is -0.277 e. The molecular formula is C9H18N2O2. The summed E-state index contributed by atoms with van der Waals surface area (Å²) >= 11 is 0. The first-order chi connectivity index (χ1) is 6.28. The van der Waals surface area contributed by atoms with Crippen LogP contribution in [0.25, 0.3) is 0 Å². The van der Waals surface area contributed by atoms with Crippen LogP contribution in [0.4, 0.5) is 0 Å². The maximum Gasteiger partial charge on any atom is 0.232 e. The molecule has 0 spiro atoms. The zero-order chi connectivity index (χ0) is 10.1. The van der Waals surface area contributed by atoms with Gasteiger partial charge in [0.05, 0.1) is 11.8 Å². The van der Waals surface area contributed by atoms with E-state index in [0.29, 0.717) is 18.9 Å². The van der Waals surface area contributed by atoms with Gasteiger partial charge in [0.15, 0.2) is 0 Å². The molecule has 0 aliphatic carbocycles. The van der Waals surface area contributed by atoms with Gasteiger partial charge in [-0.3, -0.25) is 4.79 Å². The molecule has 13 heavy (non-hydrogen) atoms. The molecule has 1 amide bonds. The second-order valence-electron chi connectivity index (χ2n) is 3.23. The molecule has 4 nitrogen and oxygen atoms in total. The molecule has 0 rings (SSSR count). The number of unbranched alkanes of at least 4 members (excludes halogenated alkanes) is 1. The molecule has 4 heteroatoms. The van der Waals surface area contributed by atoms with E-state index in [1.807, 2.05) is 0 Å². The molecule has 0 aliphatic heterocycles. The Morgan fingerprint density at radius 3 is 2.54 bits per heavy atom. The van der Waals surface area contributed by atoms with Crippen LogP contribution in [-0.2, 0) is 4.79 Å². The highest BCUT2D eigenvalue weighted by molar-refractivity contribution is 5.46. The summed E-state index contributed by atoms with van der Waals surface area (Å²) in [5, 5.41) is 3.55. The Morgan fingerprint density at radius 2 is 2.15 bits per heavy atom. The molecule has 0 saturated heterocycles. The van der Waals surface area contributed by atoms with Crippen molar-refractivity contribution in [2.75, 3.05) is 6.54 Å². The van der Waals surface area contributed by atoms with Gasteiger partial charge in [-0.2, -0.15) is 5.01 Å². The smallest absolute Gasteiger partial charge is 0.232 e. The largest absolute Gasteiger partial charge is 0.277 e. The number of nitroso groups, excluding NO2 is 1. The number of carbonyl (C=O) groups excluding carboxylic acids is 1. The van der Waals surface area contributed by atoms with Crippen LogP contribution in [0.15, 0.2) is 5.29 Å². The molecule has 0 bridgehead atoms. The molecule has 0 aromatic carbocycles. The summed E-state index contributed by atoms with van der Waals surface area (Å²) in [5.74, 6) is 0.405. The summed E-state index contributed by atoms with van der Waals surface area (Å²) in [4.78, 5) is 20.4. The predicted molar refractivity (Wildman–Crippen MR) is 51.9 cm³/mol. The van der Waals surface area contributed by atoms with E-state index in [4.69, 9.17) is 0 Å². The number of hydrogen-bond donors (Lipinski definition) is 0. The molecule has 0 aromatic heterocycles. The van der Waals surface area contributed by atoms with E-state index in [-0.39, 0.29) is 0 Å². The minimum atomic E-state index is 0.405. The third-order valence-electron chi connectivity index (χ3n) is 2.22. The Balaban J connectivity index is 3.80. The lowest BCUT2D eigenvalue weighted by atomic mass is 9.99. The second kappa shape index (κ2) is 7.71. The molecular weight excluding hydrogens is 168 g/mol. The summed E-state index contributed by atoms with van der Waals surface area (Å²) in [6.45, 7) is 4.65. The van der Waals surface area contributed by atoms with Gasteiger partial charge in [0.2, 0.25) is 6.41 Å². The highest BCUT2D eigenvalue weighted by Gasteiger charge is 2.10. The summed E-state index contributed by atoms with van der Waals surface area (Å²) in [6, 6.07) is 0. The predicted octanol–water partition coefficient (Wildman–Crippen LogP) is 2.34. The van der Waals surface area contributed by atoms with Crippen LogP contribution < -0.4 is 0 Å². The normalized spacial score (nSPS) is 12.2. The van der Waals surface area contributed by atoms with E-state index in [2.05, 4.69) is 19.1 Å². The lowest BCUT2D eigenvalue weighted by Crippen LogP contribution is -2.22. The number of nitrogens with zero attached hydrogens (tertiary/aromatic N) is 2. The Kier molecular flexibility index (Phi) is 7.15. The highest BCUT2D eigenvalue weighted by Crippen LogP contribution is 2.13. The van der Waals surface area contributed by atoms with Gasteiger partial charge in [-0.25, -0.2) is 0 Å². The van der Waals surface area contributed by atoms with Gasteiger partial charge < -0.3 is 0 Å². The Morgan fingerprint density at radius 1 is 1.46 bits per heavy atom. The molecule has 0 N–H and O–H groups in total. The average molecular weight is 186 g/mol. The Labute approximate surface area is 79.2 Å². The van der Waals surface area contributed by atoms with Crippen LogP contribution in [0.5, 0.6) is 0 Å². The fraction of sp³-hybridized carbons (Fsp3) is 0.889. The summed E-state index contributed by atoms with van der Waals surface area (Å²) < 4.78 is 0. The zero-order valence-electron chi connectivity index (χ0n) is 8.40. The van der Waals surface area contributed by atoms with Crippen LogP contribution >= 0.6 is 0 Å². The van der Waals surface area contributed by atoms with Crippen LogP contribution in [0.3, 0.4) is 0 Å². The first kappa shape index (κ1) is 12.1. The van der Waals surface area contributed by atoms with Gasteiger partial charge in [0.25, 0.3) is 0 Å². The van der Waals surface area contributed by atoms with E-state index in [1.165, 1.54) is 0 Å². The third kappa shape index (κ3) is 5.33. The first-order valence-corrected chi connectivity index (χ1v) is 4.83. The average Bonchev–Trinajstić information content (AvgIpc) is 2.19. The molecule has 1 unspecified atom stereocenters. The molecule has 0 aliphatic rings. The molecule has 1 atom stereocenters. The first-order valence-electron chi connectivity index (χ1n) is 4.83. The van der Waals surface area contributed by atoms with Crippen LogP contribution in [0.2, 0.25) is 0 Å². The van der Waals surface area contributed by atoms with Crippen molar-refractivity contribution < 1.29 is 4.79 Å². The summed E-state index contributed by atoms with van der Waals surface area (Å²) in [5.41, 5.74) is 0. The van der Waals surface area contributed by atoms with Crippen molar-refractivity contribution in [2.24, 2.45) is 11.2 Å². The number of carbonyl (C=O) groups is 1. The zero-order valence-corrected chi connectivity index (χ0v) is 8.40. The van der Waals surface area contributed by atoms with Gasteiger partial charge in [-0.05, 0) is 12.3 Å². The van der Waals surface area contributed by atoms with Crippen molar-refractivity contribution in [3.8, 4) is 0 Å². The van der Waals surface area contributed by atoms with Crippen molar-refractivity contribution in [3.05, 3.63) is 4.91 Å². The monoisotopic (exact) mass is 186 g/mol. The fourth-order valence-corrected chi connectivity index (χ4v) is 1.28. The minimum absolute atomic E-state index is 0.405. The molecule has 0 fully saturated rings. The molecule has 0 aromatic rings. The Hall–Kier alpha value is -0.930. The maximum atomic E-state index is 10.3. The second-order valence-corrected chi connectivity index (χ2v) is 3.23. The van der Waals surface area contributed by atoms with Crippen molar-refractivity contribution in [1.29, 1.82) is 0 Å². The van der Waals surface area contributed by atoms with Crippen molar-refractivity contribution >= 4 is 6.41 Å². The number of rotatable bonds is 8. The van der Waals surface area contributed by atoms with E-state index in [0.717, 1.165) is 30.7 Å². The van der Waals surface area contributed by atoms with Gasteiger partial charge in [0.1, 0.15) is 0 Å². The lowest BCUT2D eigenvalue weighted by Gasteiger charge is -2.16. The highest BCUT2D eigenvalue weighted by atomic mass is 16.3. The third-order valence-corrected chi connectivity index (χ3v) is 2.22. The Bertz CT molecular complexity index is 143. The number of amides is 1. The van der Waals surface area contributed by atoms with E-state index >= 15 is 0 Å². The van der Waals surface area contributed by atoms with Crippen molar-refractivity contribution in [2.45, 2.75) is 39.5 Å². The summed E-state index contributed by atoms with van der Waals surface area (Å²) in [6.07, 6.45) is 4.82. The molecule has 76 valence electrons. The number of hydrogen-bond acceptors (Lipinski definition) is 3. The SMILES string of the molecule is CCCCC(CC)CN(C=O)N=O. The topological polar surface area (TPSA) is 49.7 Å². The van der Waals surface area contributed by atoms with Gasteiger partial charge in [-0.1, -0.05) is 33.1 Å². The van der Waals surface area contributed by atoms with Crippen LogP contribution in [0, 0.1) is 10.8 Å². The molecule has 0 heterocycles. The standard InChI is InChI=1S/C9H18N2O2/c1-3-5-6-9(4-2)7-11(8-12)10-13/h8-9H,3-7H2,1-2H3. The van der Waals surface area contributed by atoms with Crippen molar-refractivity contribution in [1.82, 2.24) is 5.01 Å². The lowest BCUT2D eigenvalue weighted by molar-refractivity contribution is -0.118.